The fourth-order valence-electron chi connectivity index (χ4n) is 1.92. The van der Waals surface area contributed by atoms with Crippen molar-refractivity contribution < 1.29 is 19.1 Å². The van der Waals surface area contributed by atoms with Crippen molar-refractivity contribution in [3.05, 3.63) is 57.0 Å². The van der Waals surface area contributed by atoms with Crippen LogP contribution in [0.3, 0.4) is 0 Å². The fourth-order valence-corrected chi connectivity index (χ4v) is 3.08. The van der Waals surface area contributed by atoms with Crippen molar-refractivity contribution in [2.75, 3.05) is 13.2 Å². The van der Waals surface area contributed by atoms with Crippen molar-refractivity contribution in [3.63, 3.8) is 0 Å². The monoisotopic (exact) mass is 484 g/mol. The number of aryl methyl sites for hydroxylation is 1. The maximum Gasteiger partial charge on any atom is 0.276 e. The summed E-state index contributed by atoms with van der Waals surface area (Å²) in [4.78, 5) is 23.4. The van der Waals surface area contributed by atoms with Gasteiger partial charge in [-0.3, -0.25) is 20.4 Å². The molecule has 0 unspecified atom stereocenters. The number of nitrogens with one attached hydrogen (secondary N) is 2. The number of ether oxygens (including phenoxy) is 2. The maximum atomic E-state index is 11.7. The van der Waals surface area contributed by atoms with Crippen LogP contribution in [0.5, 0.6) is 11.5 Å². The first-order valence-corrected chi connectivity index (χ1v) is 9.43. The Labute approximate surface area is 168 Å². The van der Waals surface area contributed by atoms with E-state index in [9.17, 15) is 9.59 Å². The molecule has 0 saturated carbocycles. The third-order valence-electron chi connectivity index (χ3n) is 3.30. The smallest absolute Gasteiger partial charge is 0.276 e. The number of amides is 2. The Kier molecular flexibility index (Phi) is 7.93. The van der Waals surface area contributed by atoms with Gasteiger partial charge in [0.05, 0.1) is 4.47 Å². The lowest BCUT2D eigenvalue weighted by Crippen LogP contribution is -2.45. The maximum absolute atomic E-state index is 11.7. The van der Waals surface area contributed by atoms with E-state index in [1.54, 1.807) is 30.3 Å². The second-order valence-electron chi connectivity index (χ2n) is 5.25. The SMILES string of the molecule is CCc1ccc(OCC(=O)NNC(=O)COc2ccc(Br)cc2Br)cc1. The van der Waals surface area contributed by atoms with Crippen molar-refractivity contribution in [2.45, 2.75) is 13.3 Å². The summed E-state index contributed by atoms with van der Waals surface area (Å²) < 4.78 is 12.3. The Morgan fingerprint density at radius 1 is 0.923 bits per heavy atom. The van der Waals surface area contributed by atoms with Gasteiger partial charge in [0.25, 0.3) is 11.8 Å². The summed E-state index contributed by atoms with van der Waals surface area (Å²) in [6, 6.07) is 12.8. The molecule has 0 aliphatic rings. The lowest BCUT2D eigenvalue weighted by atomic mass is 10.2. The first kappa shape index (κ1) is 20.3. The number of benzene rings is 2. The second kappa shape index (κ2) is 10.2. The van der Waals surface area contributed by atoms with Crippen LogP contribution in [-0.4, -0.2) is 25.0 Å². The van der Waals surface area contributed by atoms with E-state index in [4.69, 9.17) is 9.47 Å². The summed E-state index contributed by atoms with van der Waals surface area (Å²) >= 11 is 6.67. The molecule has 0 aliphatic heterocycles. The van der Waals surface area contributed by atoms with Gasteiger partial charge >= 0.3 is 0 Å². The van der Waals surface area contributed by atoms with Crippen LogP contribution in [0.15, 0.2) is 51.4 Å². The van der Waals surface area contributed by atoms with Gasteiger partial charge in [-0.05, 0) is 58.2 Å². The summed E-state index contributed by atoms with van der Waals surface area (Å²) in [6.07, 6.45) is 0.936. The lowest BCUT2D eigenvalue weighted by Gasteiger charge is -2.11. The zero-order chi connectivity index (χ0) is 18.9. The number of halogens is 2. The van der Waals surface area contributed by atoms with Crippen molar-refractivity contribution in [2.24, 2.45) is 0 Å². The topological polar surface area (TPSA) is 76.7 Å². The van der Waals surface area contributed by atoms with Gasteiger partial charge in [-0.1, -0.05) is 35.0 Å². The van der Waals surface area contributed by atoms with E-state index < -0.39 is 11.8 Å². The zero-order valence-corrected chi connectivity index (χ0v) is 17.2. The van der Waals surface area contributed by atoms with Crippen LogP contribution in [0.2, 0.25) is 0 Å². The van der Waals surface area contributed by atoms with Gasteiger partial charge in [0, 0.05) is 4.47 Å². The minimum absolute atomic E-state index is 0.204. The predicted molar refractivity (Wildman–Crippen MR) is 105 cm³/mol. The molecule has 0 heterocycles. The van der Waals surface area contributed by atoms with Gasteiger partial charge in [0.2, 0.25) is 0 Å². The Balaban J connectivity index is 1.68. The average molecular weight is 486 g/mol. The number of carbonyl (C=O) groups excluding carboxylic acids is 2. The predicted octanol–water partition coefficient (Wildman–Crippen LogP) is 3.38. The molecule has 138 valence electrons. The highest BCUT2D eigenvalue weighted by Crippen LogP contribution is 2.28. The Morgan fingerprint density at radius 3 is 2.12 bits per heavy atom. The second-order valence-corrected chi connectivity index (χ2v) is 7.02. The van der Waals surface area contributed by atoms with E-state index in [0.29, 0.717) is 16.0 Å². The third-order valence-corrected chi connectivity index (χ3v) is 4.41. The number of carbonyl (C=O) groups is 2. The number of hydrogen-bond acceptors (Lipinski definition) is 4. The summed E-state index contributed by atoms with van der Waals surface area (Å²) in [7, 11) is 0. The molecule has 0 aliphatic carbocycles. The van der Waals surface area contributed by atoms with Crippen molar-refractivity contribution in [1.29, 1.82) is 0 Å². The minimum Gasteiger partial charge on any atom is -0.484 e. The summed E-state index contributed by atoms with van der Waals surface area (Å²) in [5.74, 6) is 0.156. The lowest BCUT2D eigenvalue weighted by molar-refractivity contribution is -0.131. The number of rotatable bonds is 7. The molecule has 0 radical (unpaired) electrons. The van der Waals surface area contributed by atoms with Gasteiger partial charge in [0.15, 0.2) is 13.2 Å². The molecule has 2 aromatic carbocycles. The Hall–Kier alpha value is -2.06. The molecule has 0 fully saturated rings. The van der Waals surface area contributed by atoms with E-state index in [1.807, 2.05) is 12.1 Å². The van der Waals surface area contributed by atoms with Gasteiger partial charge in [-0.2, -0.15) is 0 Å². The fraction of sp³-hybridized carbons (Fsp3) is 0.222. The van der Waals surface area contributed by atoms with Crippen LogP contribution >= 0.6 is 31.9 Å². The molecule has 0 bridgehead atoms. The van der Waals surface area contributed by atoms with E-state index in [0.717, 1.165) is 10.9 Å². The van der Waals surface area contributed by atoms with Gasteiger partial charge in [0.1, 0.15) is 11.5 Å². The molecule has 2 amide bonds. The average Bonchev–Trinajstić information content (AvgIpc) is 2.64. The molecular weight excluding hydrogens is 468 g/mol. The molecule has 0 atom stereocenters. The molecular formula is C18H18Br2N2O4. The Bertz CT molecular complexity index is 766. The number of hydrazine groups is 1. The van der Waals surface area contributed by atoms with Crippen molar-refractivity contribution in [1.82, 2.24) is 10.9 Å². The summed E-state index contributed by atoms with van der Waals surface area (Å²) in [5.41, 5.74) is 5.73. The van der Waals surface area contributed by atoms with Crippen molar-refractivity contribution in [3.8, 4) is 11.5 Å². The summed E-state index contributed by atoms with van der Waals surface area (Å²) in [5, 5.41) is 0. The Morgan fingerprint density at radius 2 is 1.54 bits per heavy atom. The van der Waals surface area contributed by atoms with E-state index in [1.165, 1.54) is 5.56 Å². The molecule has 2 aromatic rings. The molecule has 8 heteroatoms. The van der Waals surface area contributed by atoms with Gasteiger partial charge in [-0.25, -0.2) is 0 Å². The molecule has 6 nitrogen and oxygen atoms in total. The summed E-state index contributed by atoms with van der Waals surface area (Å²) in [6.45, 7) is 1.62. The van der Waals surface area contributed by atoms with Gasteiger partial charge in [-0.15, -0.1) is 0 Å². The van der Waals surface area contributed by atoms with Crippen LogP contribution < -0.4 is 20.3 Å². The minimum atomic E-state index is -0.486. The van der Waals surface area contributed by atoms with E-state index in [2.05, 4.69) is 49.6 Å². The first-order chi connectivity index (χ1) is 12.5. The van der Waals surface area contributed by atoms with Crippen LogP contribution in [0.25, 0.3) is 0 Å². The van der Waals surface area contributed by atoms with Crippen LogP contribution in [-0.2, 0) is 16.0 Å². The highest BCUT2D eigenvalue weighted by atomic mass is 79.9. The molecule has 26 heavy (non-hydrogen) atoms. The third kappa shape index (κ3) is 6.68. The van der Waals surface area contributed by atoms with Crippen molar-refractivity contribution >= 4 is 43.7 Å². The molecule has 2 rings (SSSR count). The first-order valence-electron chi connectivity index (χ1n) is 7.85. The standard InChI is InChI=1S/C18H18Br2N2O4/c1-2-12-3-6-14(7-4-12)25-10-17(23)21-22-18(24)11-26-16-8-5-13(19)9-15(16)20/h3-9H,2,10-11H2,1H3,(H,21,23)(H,22,24). The molecule has 0 aromatic heterocycles. The van der Waals surface area contributed by atoms with E-state index in [-0.39, 0.29) is 13.2 Å². The molecule has 0 spiro atoms. The van der Waals surface area contributed by atoms with E-state index >= 15 is 0 Å². The van der Waals surface area contributed by atoms with Gasteiger partial charge < -0.3 is 9.47 Å². The molecule has 2 N–H and O–H groups in total. The number of hydrogen-bond donors (Lipinski definition) is 2. The highest BCUT2D eigenvalue weighted by molar-refractivity contribution is 9.11. The highest BCUT2D eigenvalue weighted by Gasteiger charge is 2.08. The van der Waals surface area contributed by atoms with Crippen LogP contribution in [0.4, 0.5) is 0 Å². The quantitative estimate of drug-likeness (QED) is 0.589. The van der Waals surface area contributed by atoms with Crippen LogP contribution in [0.1, 0.15) is 12.5 Å². The normalized spacial score (nSPS) is 10.1. The van der Waals surface area contributed by atoms with Crippen LogP contribution in [0, 0.1) is 0 Å². The molecule has 0 saturated heterocycles. The zero-order valence-electron chi connectivity index (χ0n) is 14.1. The largest absolute Gasteiger partial charge is 0.484 e.